The van der Waals surface area contributed by atoms with Crippen molar-refractivity contribution in [3.63, 3.8) is 0 Å². The van der Waals surface area contributed by atoms with E-state index in [9.17, 15) is 0 Å². The lowest BCUT2D eigenvalue weighted by molar-refractivity contribution is 0.216. The minimum Gasteiger partial charge on any atom is -0.361 e. The van der Waals surface area contributed by atoms with Gasteiger partial charge in [-0.2, -0.15) is 0 Å². The lowest BCUT2D eigenvalue weighted by Crippen LogP contribution is -2.40. The van der Waals surface area contributed by atoms with Crippen LogP contribution in [0.4, 0.5) is 0 Å². The van der Waals surface area contributed by atoms with E-state index in [2.05, 4.69) is 31.2 Å². The summed E-state index contributed by atoms with van der Waals surface area (Å²) in [5.41, 5.74) is 2.25. The first-order chi connectivity index (χ1) is 8.49. The minimum absolute atomic E-state index is 0.331. The number of rotatable bonds is 3. The molecule has 4 unspecified atom stereocenters. The Morgan fingerprint density at radius 2 is 2.00 bits per heavy atom. The van der Waals surface area contributed by atoms with Gasteiger partial charge >= 0.3 is 0 Å². The van der Waals surface area contributed by atoms with Gasteiger partial charge in [0.05, 0.1) is 5.69 Å². The van der Waals surface area contributed by atoms with E-state index in [1.165, 1.54) is 24.8 Å². The molecule has 1 fully saturated rings. The maximum Gasteiger partial charge on any atom is 0.138 e. The Kier molecular flexibility index (Phi) is 4.10. The van der Waals surface area contributed by atoms with Gasteiger partial charge in [-0.25, -0.2) is 0 Å². The van der Waals surface area contributed by atoms with E-state index < -0.39 is 0 Å². The number of nitrogens with zero attached hydrogens (tertiary/aromatic N) is 1. The second-order valence-corrected chi connectivity index (χ2v) is 6.13. The van der Waals surface area contributed by atoms with Crippen LogP contribution in [0.5, 0.6) is 0 Å². The first-order valence-corrected chi connectivity index (χ1v) is 7.17. The highest BCUT2D eigenvalue weighted by Gasteiger charge is 2.27. The molecule has 0 aromatic carbocycles. The predicted molar refractivity (Wildman–Crippen MR) is 73.5 cm³/mol. The summed E-state index contributed by atoms with van der Waals surface area (Å²) in [6.45, 7) is 11.0. The van der Waals surface area contributed by atoms with Crippen LogP contribution < -0.4 is 5.32 Å². The van der Waals surface area contributed by atoms with Crippen molar-refractivity contribution in [2.45, 2.75) is 66.0 Å². The molecule has 4 atom stereocenters. The molecule has 1 heterocycles. The normalized spacial score (nSPS) is 30.4. The van der Waals surface area contributed by atoms with Gasteiger partial charge in [-0.1, -0.05) is 19.0 Å². The molecule has 1 aliphatic rings. The second-order valence-electron chi connectivity index (χ2n) is 6.13. The summed E-state index contributed by atoms with van der Waals surface area (Å²) in [7, 11) is 0. The molecular formula is C15H26N2O. The summed E-state index contributed by atoms with van der Waals surface area (Å²) in [6.07, 6.45) is 3.97. The molecule has 0 saturated heterocycles. The first-order valence-electron chi connectivity index (χ1n) is 7.17. The van der Waals surface area contributed by atoms with Gasteiger partial charge in [0.15, 0.2) is 0 Å². The van der Waals surface area contributed by atoms with Crippen molar-refractivity contribution in [1.82, 2.24) is 10.5 Å². The van der Waals surface area contributed by atoms with Crippen LogP contribution in [0.25, 0.3) is 0 Å². The molecule has 0 radical (unpaired) electrons. The molecule has 0 aliphatic heterocycles. The van der Waals surface area contributed by atoms with Gasteiger partial charge in [-0.3, -0.25) is 0 Å². The van der Waals surface area contributed by atoms with Gasteiger partial charge in [0, 0.05) is 17.6 Å². The van der Waals surface area contributed by atoms with Gasteiger partial charge in [0.1, 0.15) is 5.76 Å². The summed E-state index contributed by atoms with van der Waals surface area (Å²) in [5.74, 6) is 2.59. The van der Waals surface area contributed by atoms with Gasteiger partial charge in [-0.15, -0.1) is 0 Å². The van der Waals surface area contributed by atoms with Crippen LogP contribution in [0.3, 0.4) is 0 Å². The number of aromatic nitrogens is 1. The molecule has 0 amide bonds. The smallest absolute Gasteiger partial charge is 0.138 e. The fourth-order valence-electron chi connectivity index (χ4n) is 3.43. The zero-order valence-corrected chi connectivity index (χ0v) is 12.3. The molecule has 3 heteroatoms. The summed E-state index contributed by atoms with van der Waals surface area (Å²) in [6, 6.07) is 0.960. The zero-order valence-electron chi connectivity index (χ0n) is 12.3. The van der Waals surface area contributed by atoms with Crippen molar-refractivity contribution in [2.75, 3.05) is 0 Å². The molecule has 1 N–H and O–H groups in total. The predicted octanol–water partition coefficient (Wildman–Crippen LogP) is 3.77. The highest BCUT2D eigenvalue weighted by Crippen LogP contribution is 2.31. The van der Waals surface area contributed by atoms with Crippen molar-refractivity contribution in [2.24, 2.45) is 11.8 Å². The molecular weight excluding hydrogens is 224 g/mol. The van der Waals surface area contributed by atoms with E-state index in [-0.39, 0.29) is 0 Å². The van der Waals surface area contributed by atoms with Crippen LogP contribution in [0, 0.1) is 25.7 Å². The molecule has 0 bridgehead atoms. The Morgan fingerprint density at radius 1 is 1.28 bits per heavy atom. The Hall–Kier alpha value is -0.830. The third-order valence-corrected chi connectivity index (χ3v) is 4.42. The van der Waals surface area contributed by atoms with Crippen LogP contribution in [-0.2, 0) is 0 Å². The first kappa shape index (κ1) is 13.6. The molecule has 102 valence electrons. The Morgan fingerprint density at radius 3 is 2.56 bits per heavy atom. The van der Waals surface area contributed by atoms with Gasteiger partial charge in [0.25, 0.3) is 0 Å². The number of hydrogen-bond donors (Lipinski definition) is 1. The fourth-order valence-corrected chi connectivity index (χ4v) is 3.43. The largest absolute Gasteiger partial charge is 0.361 e. The molecule has 1 saturated carbocycles. The van der Waals surface area contributed by atoms with Crippen molar-refractivity contribution < 1.29 is 4.52 Å². The van der Waals surface area contributed by atoms with Gasteiger partial charge in [0.2, 0.25) is 0 Å². The van der Waals surface area contributed by atoms with E-state index in [1.807, 2.05) is 13.8 Å². The molecule has 1 aromatic heterocycles. The summed E-state index contributed by atoms with van der Waals surface area (Å²) in [5, 5.41) is 7.82. The average Bonchev–Trinajstić information content (AvgIpc) is 2.62. The van der Waals surface area contributed by atoms with E-state index in [4.69, 9.17) is 4.52 Å². The molecule has 1 aliphatic carbocycles. The Labute approximate surface area is 110 Å². The van der Waals surface area contributed by atoms with E-state index in [0.717, 1.165) is 23.3 Å². The second kappa shape index (κ2) is 5.43. The lowest BCUT2D eigenvalue weighted by atomic mass is 9.79. The van der Waals surface area contributed by atoms with Crippen LogP contribution >= 0.6 is 0 Å². The minimum atomic E-state index is 0.331. The van der Waals surface area contributed by atoms with Crippen molar-refractivity contribution in [3.05, 3.63) is 17.0 Å². The third-order valence-electron chi connectivity index (χ3n) is 4.42. The van der Waals surface area contributed by atoms with E-state index >= 15 is 0 Å². The quantitative estimate of drug-likeness (QED) is 0.887. The SMILES string of the molecule is Cc1noc(C)c1C(C)NC1CCC(C)CC1C. The number of aryl methyl sites for hydroxylation is 2. The Bertz CT molecular complexity index is 380. The lowest BCUT2D eigenvalue weighted by Gasteiger charge is -2.35. The number of hydrogen-bond acceptors (Lipinski definition) is 3. The standard InChI is InChI=1S/C15H26N2O/c1-9-6-7-14(10(2)8-9)16-11(3)15-12(4)17-18-13(15)5/h9-11,14,16H,6-8H2,1-5H3. The highest BCUT2D eigenvalue weighted by molar-refractivity contribution is 5.24. The third kappa shape index (κ3) is 2.77. The maximum atomic E-state index is 5.26. The summed E-state index contributed by atoms with van der Waals surface area (Å²) in [4.78, 5) is 0. The molecule has 1 aromatic rings. The average molecular weight is 250 g/mol. The Balaban J connectivity index is 2.01. The van der Waals surface area contributed by atoms with Crippen LogP contribution in [0.15, 0.2) is 4.52 Å². The van der Waals surface area contributed by atoms with Crippen LogP contribution in [0.1, 0.15) is 63.1 Å². The topological polar surface area (TPSA) is 38.1 Å². The summed E-state index contributed by atoms with van der Waals surface area (Å²) >= 11 is 0. The van der Waals surface area contributed by atoms with Crippen LogP contribution in [0.2, 0.25) is 0 Å². The maximum absolute atomic E-state index is 5.26. The fraction of sp³-hybridized carbons (Fsp3) is 0.800. The number of nitrogens with one attached hydrogen (secondary N) is 1. The van der Waals surface area contributed by atoms with Gasteiger partial charge in [-0.05, 0) is 51.9 Å². The molecule has 0 spiro atoms. The van der Waals surface area contributed by atoms with Gasteiger partial charge < -0.3 is 9.84 Å². The van der Waals surface area contributed by atoms with Crippen molar-refractivity contribution in [1.29, 1.82) is 0 Å². The van der Waals surface area contributed by atoms with Crippen LogP contribution in [-0.4, -0.2) is 11.2 Å². The zero-order chi connectivity index (χ0) is 13.3. The van der Waals surface area contributed by atoms with Crippen molar-refractivity contribution >= 4 is 0 Å². The monoisotopic (exact) mass is 250 g/mol. The van der Waals surface area contributed by atoms with Crippen molar-refractivity contribution in [3.8, 4) is 0 Å². The van der Waals surface area contributed by atoms with E-state index in [1.54, 1.807) is 0 Å². The van der Waals surface area contributed by atoms with E-state index in [0.29, 0.717) is 12.1 Å². The summed E-state index contributed by atoms with van der Waals surface area (Å²) < 4.78 is 5.26. The highest BCUT2D eigenvalue weighted by atomic mass is 16.5. The molecule has 3 nitrogen and oxygen atoms in total. The molecule has 2 rings (SSSR count). The molecule has 18 heavy (non-hydrogen) atoms.